The lowest BCUT2D eigenvalue weighted by Gasteiger charge is -2.39. The summed E-state index contributed by atoms with van der Waals surface area (Å²) in [5.41, 5.74) is 1.03. The van der Waals surface area contributed by atoms with Crippen molar-refractivity contribution in [2.75, 3.05) is 26.4 Å². The number of aromatic hydroxyl groups is 2. The summed E-state index contributed by atoms with van der Waals surface area (Å²) in [5, 5.41) is 18.1. The summed E-state index contributed by atoms with van der Waals surface area (Å²) in [6.45, 7) is 24.3. The first-order valence-electron chi connectivity index (χ1n) is 23.7. The van der Waals surface area contributed by atoms with Crippen molar-refractivity contribution in [1.82, 2.24) is 0 Å². The second-order valence-electron chi connectivity index (χ2n) is 19.2. The lowest BCUT2D eigenvalue weighted by Crippen LogP contribution is -2.41. The van der Waals surface area contributed by atoms with Crippen LogP contribution in [0.2, 0.25) is 0 Å². The molecular weight excluding hydrogens is 833 g/mol. The number of carbonyl (C=O) groups excluding carboxylic acids is 3. The molecule has 0 saturated carbocycles. The normalized spacial score (nSPS) is 15.9. The average Bonchev–Trinajstić information content (AvgIpc) is 3.34. The molecule has 362 valence electrons. The van der Waals surface area contributed by atoms with E-state index in [1.807, 2.05) is 135 Å². The van der Waals surface area contributed by atoms with Gasteiger partial charge < -0.3 is 33.9 Å². The number of esters is 3. The molecule has 2 fully saturated rings. The van der Waals surface area contributed by atoms with E-state index >= 15 is 0 Å². The van der Waals surface area contributed by atoms with E-state index in [1.54, 1.807) is 24.3 Å². The Bertz CT molecular complexity index is 1940. The van der Waals surface area contributed by atoms with Crippen molar-refractivity contribution in [2.45, 2.75) is 145 Å². The topological polar surface area (TPSA) is 138 Å². The fraction of sp³-hybridized carbons (Fsp3) is 0.518. The van der Waals surface area contributed by atoms with Crippen molar-refractivity contribution in [3.63, 3.8) is 0 Å². The van der Waals surface area contributed by atoms with E-state index < -0.39 is 27.4 Å². The molecule has 0 aromatic heterocycles. The Balaban J connectivity index is 0.000000239. The third-order valence-corrected chi connectivity index (χ3v) is 13.2. The molecule has 10 nitrogen and oxygen atoms in total. The van der Waals surface area contributed by atoms with Crippen molar-refractivity contribution in [3.8, 4) is 17.2 Å². The highest BCUT2D eigenvalue weighted by Gasteiger charge is 2.43. The van der Waals surface area contributed by atoms with Gasteiger partial charge in [-0.3, -0.25) is 14.4 Å². The minimum Gasteiger partial charge on any atom is -0.508 e. The molecule has 1 atom stereocenters. The van der Waals surface area contributed by atoms with Gasteiger partial charge in [0.1, 0.15) is 28.5 Å². The van der Waals surface area contributed by atoms with Crippen LogP contribution in [0, 0.1) is 16.2 Å². The van der Waals surface area contributed by atoms with Crippen molar-refractivity contribution in [3.05, 3.63) is 126 Å². The van der Waals surface area contributed by atoms with Crippen LogP contribution in [0.25, 0.3) is 0 Å². The maximum absolute atomic E-state index is 12.5. The molecule has 2 aliphatic rings. The number of carbonyl (C=O) groups is 3. The fourth-order valence-corrected chi connectivity index (χ4v) is 6.65. The van der Waals surface area contributed by atoms with E-state index in [1.165, 1.54) is 17.7 Å². The van der Waals surface area contributed by atoms with Crippen LogP contribution in [-0.2, 0) is 44.5 Å². The Labute approximate surface area is 395 Å². The van der Waals surface area contributed by atoms with Crippen molar-refractivity contribution >= 4 is 17.9 Å². The highest BCUT2D eigenvalue weighted by molar-refractivity contribution is 5.78. The minimum atomic E-state index is -0.525. The molecule has 4 aromatic carbocycles. The summed E-state index contributed by atoms with van der Waals surface area (Å²) in [6, 6.07) is 33.6. The average molecular weight is 911 g/mol. The third kappa shape index (κ3) is 16.3. The molecule has 2 N–H and O–H groups in total. The van der Waals surface area contributed by atoms with Crippen molar-refractivity contribution in [1.29, 1.82) is 0 Å². The van der Waals surface area contributed by atoms with Crippen LogP contribution in [-0.4, -0.2) is 54.5 Å². The fourth-order valence-electron chi connectivity index (χ4n) is 6.65. The number of phenols is 2. The van der Waals surface area contributed by atoms with E-state index in [2.05, 4.69) is 13.8 Å². The van der Waals surface area contributed by atoms with Gasteiger partial charge in [0, 0.05) is 25.7 Å². The first-order chi connectivity index (χ1) is 31.2. The first kappa shape index (κ1) is 55.1. The second-order valence-corrected chi connectivity index (χ2v) is 19.2. The number of hydrogen-bond donors (Lipinski definition) is 2. The molecule has 0 aliphatic carbocycles. The highest BCUT2D eigenvalue weighted by atomic mass is 16.6. The summed E-state index contributed by atoms with van der Waals surface area (Å²) in [4.78, 5) is 36.6. The number of phenolic OH excluding ortho intramolecular Hbond substituents is 2. The van der Waals surface area contributed by atoms with Crippen molar-refractivity contribution in [2.24, 2.45) is 16.2 Å². The SMILES string of the molecule is CCC(C)(C)C(=O)OC1(c2ccccc2)CCOCC1.CCC(C)(C)C(=O)OC1(c2ccccc2)CCOCC1.CCC(C)(C)C(=O)Oc1ccc(O)cc1.CCC(C)c1ccc(O)cc1. The highest BCUT2D eigenvalue weighted by Crippen LogP contribution is 2.40. The first-order valence-corrected chi connectivity index (χ1v) is 23.7. The minimum absolute atomic E-state index is 0.120. The van der Waals surface area contributed by atoms with Gasteiger partial charge in [-0.2, -0.15) is 0 Å². The molecule has 0 radical (unpaired) electrons. The monoisotopic (exact) mass is 911 g/mol. The smallest absolute Gasteiger partial charge is 0.316 e. The predicted octanol–water partition coefficient (Wildman–Crippen LogP) is 13.0. The molecule has 10 heteroatoms. The molecule has 0 amide bonds. The van der Waals surface area contributed by atoms with Crippen LogP contribution in [0.4, 0.5) is 0 Å². The van der Waals surface area contributed by atoms with Gasteiger partial charge in [0.25, 0.3) is 0 Å². The van der Waals surface area contributed by atoms with Crippen LogP contribution in [0.15, 0.2) is 109 Å². The van der Waals surface area contributed by atoms with Crippen LogP contribution in [0.1, 0.15) is 150 Å². The Morgan fingerprint density at radius 2 is 0.864 bits per heavy atom. The Hall–Kier alpha value is -5.19. The molecule has 1 unspecified atom stereocenters. The maximum atomic E-state index is 12.5. The second kappa shape index (κ2) is 25.6. The number of hydrogen-bond acceptors (Lipinski definition) is 10. The van der Waals surface area contributed by atoms with Gasteiger partial charge in [0.05, 0.1) is 42.7 Å². The number of ether oxygens (including phenoxy) is 5. The summed E-state index contributed by atoms with van der Waals surface area (Å²) in [5.74, 6) is 1.06. The van der Waals surface area contributed by atoms with E-state index in [9.17, 15) is 14.4 Å². The lowest BCUT2D eigenvalue weighted by molar-refractivity contribution is -0.183. The molecular formula is C56H78O10. The lowest BCUT2D eigenvalue weighted by atomic mass is 9.84. The van der Waals surface area contributed by atoms with Crippen LogP contribution < -0.4 is 4.74 Å². The molecule has 2 aliphatic heterocycles. The summed E-state index contributed by atoms with van der Waals surface area (Å²) in [6.07, 6.45) is 6.31. The Morgan fingerprint density at radius 3 is 1.20 bits per heavy atom. The van der Waals surface area contributed by atoms with E-state index in [0.717, 1.165) is 62.5 Å². The Morgan fingerprint density at radius 1 is 0.530 bits per heavy atom. The van der Waals surface area contributed by atoms with E-state index in [-0.39, 0.29) is 23.7 Å². The van der Waals surface area contributed by atoms with E-state index in [0.29, 0.717) is 43.8 Å². The molecule has 2 heterocycles. The summed E-state index contributed by atoms with van der Waals surface area (Å²) >= 11 is 0. The quantitative estimate of drug-likeness (QED) is 0.0985. The van der Waals surface area contributed by atoms with Gasteiger partial charge >= 0.3 is 17.9 Å². The number of benzene rings is 4. The van der Waals surface area contributed by atoms with Gasteiger partial charge in [0.15, 0.2) is 0 Å². The standard InChI is InChI=1S/2C17H24O3.C12H16O3.C10H14O/c2*1-4-16(2,3)15(18)20-17(10-12-19-13-11-17)14-8-6-5-7-9-14;1-4-12(2,3)11(14)15-10-7-5-9(13)6-8-10;1-3-8(2)9-4-6-10(11)7-5-9/h2*5-9H,4,10-13H2,1-3H3;5-8,13H,4H2,1-3H3;4-8,11H,3H2,1-2H3. The largest absolute Gasteiger partial charge is 0.508 e. The van der Waals surface area contributed by atoms with Crippen LogP contribution in [0.3, 0.4) is 0 Å². The zero-order valence-corrected chi connectivity index (χ0v) is 41.6. The van der Waals surface area contributed by atoms with Crippen LogP contribution >= 0.6 is 0 Å². The summed E-state index contributed by atoms with van der Waals surface area (Å²) in [7, 11) is 0. The molecule has 2 saturated heterocycles. The zero-order chi connectivity index (χ0) is 49.0. The predicted molar refractivity (Wildman–Crippen MR) is 261 cm³/mol. The van der Waals surface area contributed by atoms with Gasteiger partial charge in [-0.05, 0) is 126 Å². The van der Waals surface area contributed by atoms with Gasteiger partial charge in [-0.25, -0.2) is 0 Å². The molecule has 0 bridgehead atoms. The molecule has 66 heavy (non-hydrogen) atoms. The third-order valence-electron chi connectivity index (χ3n) is 13.2. The zero-order valence-electron chi connectivity index (χ0n) is 41.6. The maximum Gasteiger partial charge on any atom is 0.316 e. The molecule has 0 spiro atoms. The van der Waals surface area contributed by atoms with Gasteiger partial charge in [-0.15, -0.1) is 0 Å². The summed E-state index contributed by atoms with van der Waals surface area (Å²) < 4.78 is 28.1. The molecule has 4 aromatic rings. The van der Waals surface area contributed by atoms with Gasteiger partial charge in [-0.1, -0.05) is 107 Å². The number of rotatable bonds is 13. The molecule has 6 rings (SSSR count). The van der Waals surface area contributed by atoms with Gasteiger partial charge in [0.2, 0.25) is 0 Å². The Kier molecular flexibility index (Phi) is 21.4. The van der Waals surface area contributed by atoms with Crippen molar-refractivity contribution < 1.29 is 48.3 Å². The van der Waals surface area contributed by atoms with E-state index in [4.69, 9.17) is 33.9 Å². The van der Waals surface area contributed by atoms with Crippen LogP contribution in [0.5, 0.6) is 17.2 Å².